The van der Waals surface area contributed by atoms with E-state index < -0.39 is 0 Å². The average Bonchev–Trinajstić information content (AvgIpc) is 3.41. The van der Waals surface area contributed by atoms with Crippen molar-refractivity contribution in [2.24, 2.45) is 0 Å². The standard InChI is InChI=1S/C34H27BrN2O4/c1-34(2,3)23-20-29(38-24-13-11-22(12-14-24)33-37-27-8-4-5-9-28(27)41-33)32(35)30(21-23)39-25-15-17-26(18-16-25)40-31-10-6-7-19-36-31/h4-21H,1-3H3. The van der Waals surface area contributed by atoms with E-state index in [2.05, 4.69) is 46.7 Å². The van der Waals surface area contributed by atoms with Crippen LogP contribution in [0.5, 0.6) is 34.6 Å². The molecule has 0 radical (unpaired) electrons. The van der Waals surface area contributed by atoms with E-state index in [9.17, 15) is 0 Å². The summed E-state index contributed by atoms with van der Waals surface area (Å²) in [4.78, 5) is 8.78. The van der Waals surface area contributed by atoms with Crippen LogP contribution in [0.15, 0.2) is 118 Å². The Bertz CT molecular complexity index is 1760. The minimum absolute atomic E-state index is 0.131. The molecule has 0 aliphatic rings. The number of oxazole rings is 1. The third kappa shape index (κ3) is 6.10. The molecule has 2 aromatic heterocycles. The first kappa shape index (κ1) is 26.6. The molecule has 6 aromatic rings. The maximum absolute atomic E-state index is 6.35. The molecule has 41 heavy (non-hydrogen) atoms. The molecule has 4 aromatic carbocycles. The molecular weight excluding hydrogens is 580 g/mol. The van der Waals surface area contributed by atoms with E-state index in [1.807, 2.05) is 103 Å². The van der Waals surface area contributed by atoms with Gasteiger partial charge in [0, 0.05) is 17.8 Å². The molecule has 6 rings (SSSR count). The molecule has 0 atom stereocenters. The number of rotatable bonds is 7. The maximum Gasteiger partial charge on any atom is 0.227 e. The summed E-state index contributed by atoms with van der Waals surface area (Å²) in [5.41, 5.74) is 3.40. The van der Waals surface area contributed by atoms with Crippen LogP contribution in [0.4, 0.5) is 0 Å². The quantitative estimate of drug-likeness (QED) is 0.180. The fourth-order valence-electron chi connectivity index (χ4n) is 4.17. The lowest BCUT2D eigenvalue weighted by Gasteiger charge is -2.22. The van der Waals surface area contributed by atoms with E-state index in [1.165, 1.54) is 0 Å². The molecule has 7 heteroatoms. The Morgan fingerprint density at radius 2 is 1.27 bits per heavy atom. The summed E-state index contributed by atoms with van der Waals surface area (Å²) in [6, 6.07) is 32.4. The molecule has 204 valence electrons. The van der Waals surface area contributed by atoms with Crippen molar-refractivity contribution in [1.82, 2.24) is 9.97 Å². The van der Waals surface area contributed by atoms with Gasteiger partial charge in [0.1, 0.15) is 38.7 Å². The van der Waals surface area contributed by atoms with E-state index >= 15 is 0 Å². The number of hydrogen-bond donors (Lipinski definition) is 0. The van der Waals surface area contributed by atoms with Crippen molar-refractivity contribution in [2.45, 2.75) is 26.2 Å². The number of aromatic nitrogens is 2. The van der Waals surface area contributed by atoms with Crippen LogP contribution < -0.4 is 14.2 Å². The van der Waals surface area contributed by atoms with Gasteiger partial charge in [-0.2, -0.15) is 0 Å². The molecule has 6 nitrogen and oxygen atoms in total. The highest BCUT2D eigenvalue weighted by Gasteiger charge is 2.21. The molecular formula is C34H27BrN2O4. The summed E-state index contributed by atoms with van der Waals surface area (Å²) < 4.78 is 25.1. The lowest BCUT2D eigenvalue weighted by Crippen LogP contribution is -2.11. The van der Waals surface area contributed by atoms with E-state index in [0.29, 0.717) is 45.0 Å². The van der Waals surface area contributed by atoms with Crippen molar-refractivity contribution in [3.05, 3.63) is 119 Å². The molecule has 2 heterocycles. The van der Waals surface area contributed by atoms with Crippen LogP contribution in [0.25, 0.3) is 22.6 Å². The van der Waals surface area contributed by atoms with Crippen LogP contribution in [0.2, 0.25) is 0 Å². The van der Waals surface area contributed by atoms with Gasteiger partial charge in [-0.15, -0.1) is 0 Å². The van der Waals surface area contributed by atoms with Gasteiger partial charge in [0.25, 0.3) is 0 Å². The average molecular weight is 608 g/mol. The van der Waals surface area contributed by atoms with Crippen molar-refractivity contribution in [3.8, 4) is 46.1 Å². The van der Waals surface area contributed by atoms with Gasteiger partial charge >= 0.3 is 0 Å². The summed E-state index contributed by atoms with van der Waals surface area (Å²) in [6.45, 7) is 6.47. The number of hydrogen-bond acceptors (Lipinski definition) is 6. The lowest BCUT2D eigenvalue weighted by molar-refractivity contribution is 0.444. The Balaban J connectivity index is 1.24. The number of pyridine rings is 1. The topological polar surface area (TPSA) is 66.6 Å². The Labute approximate surface area is 246 Å². The zero-order valence-electron chi connectivity index (χ0n) is 22.8. The van der Waals surface area contributed by atoms with Gasteiger partial charge in [-0.3, -0.25) is 0 Å². The molecule has 0 spiro atoms. The Kier molecular flexibility index (Phi) is 7.20. The molecule has 0 aliphatic carbocycles. The SMILES string of the molecule is CC(C)(C)c1cc(Oc2ccc(Oc3ccccn3)cc2)c(Br)c(Oc2ccc(-c3nc4ccccc4o3)cc2)c1. The highest BCUT2D eigenvalue weighted by molar-refractivity contribution is 9.10. The molecule has 0 unspecified atom stereocenters. The summed E-state index contributed by atoms with van der Waals surface area (Å²) in [6.07, 6.45) is 1.69. The predicted molar refractivity (Wildman–Crippen MR) is 163 cm³/mol. The molecule has 0 bridgehead atoms. The van der Waals surface area contributed by atoms with Crippen LogP contribution in [-0.2, 0) is 5.41 Å². The first-order valence-corrected chi connectivity index (χ1v) is 14.0. The lowest BCUT2D eigenvalue weighted by atomic mass is 9.87. The summed E-state index contributed by atoms with van der Waals surface area (Å²) in [7, 11) is 0. The molecule has 0 saturated carbocycles. The predicted octanol–water partition coefficient (Wildman–Crippen LogP) is 10.3. The summed E-state index contributed by atoms with van der Waals surface area (Å²) in [5, 5.41) is 0. The number of para-hydroxylation sites is 2. The van der Waals surface area contributed by atoms with Gasteiger partial charge in [-0.25, -0.2) is 9.97 Å². The van der Waals surface area contributed by atoms with Gasteiger partial charge in [-0.1, -0.05) is 39.0 Å². The Morgan fingerprint density at radius 3 is 1.85 bits per heavy atom. The van der Waals surface area contributed by atoms with Crippen LogP contribution in [0.3, 0.4) is 0 Å². The van der Waals surface area contributed by atoms with Gasteiger partial charge in [0.15, 0.2) is 5.58 Å². The first-order valence-electron chi connectivity index (χ1n) is 13.2. The van der Waals surface area contributed by atoms with Gasteiger partial charge in [-0.05, 0) is 106 Å². The van der Waals surface area contributed by atoms with Crippen molar-refractivity contribution < 1.29 is 18.6 Å². The first-order chi connectivity index (χ1) is 19.8. The van der Waals surface area contributed by atoms with Crippen LogP contribution in [0, 0.1) is 0 Å². The van der Waals surface area contributed by atoms with E-state index in [0.717, 1.165) is 22.2 Å². The second-order valence-corrected chi connectivity index (χ2v) is 11.3. The van der Waals surface area contributed by atoms with Crippen molar-refractivity contribution in [3.63, 3.8) is 0 Å². The normalized spacial score (nSPS) is 11.4. The summed E-state index contributed by atoms with van der Waals surface area (Å²) in [5.74, 6) is 4.42. The molecule has 0 saturated heterocycles. The minimum Gasteiger partial charge on any atom is -0.456 e. The minimum atomic E-state index is -0.131. The number of ether oxygens (including phenoxy) is 3. The third-order valence-corrected chi connectivity index (χ3v) is 7.19. The van der Waals surface area contributed by atoms with Crippen LogP contribution in [0.1, 0.15) is 26.3 Å². The third-order valence-electron chi connectivity index (χ3n) is 6.41. The fourth-order valence-corrected chi connectivity index (χ4v) is 4.56. The van der Waals surface area contributed by atoms with Gasteiger partial charge in [0.05, 0.1) is 0 Å². The Morgan fingerprint density at radius 1 is 0.683 bits per heavy atom. The zero-order chi connectivity index (χ0) is 28.4. The number of halogens is 1. The highest BCUT2D eigenvalue weighted by atomic mass is 79.9. The number of nitrogens with zero attached hydrogens (tertiary/aromatic N) is 2. The Hall–Kier alpha value is -4.62. The smallest absolute Gasteiger partial charge is 0.227 e. The molecule has 0 amide bonds. The van der Waals surface area contributed by atoms with Crippen molar-refractivity contribution >= 4 is 27.0 Å². The molecule has 0 fully saturated rings. The van der Waals surface area contributed by atoms with Crippen LogP contribution >= 0.6 is 15.9 Å². The maximum atomic E-state index is 6.35. The van der Waals surface area contributed by atoms with E-state index in [-0.39, 0.29) is 5.41 Å². The van der Waals surface area contributed by atoms with Gasteiger partial charge < -0.3 is 18.6 Å². The largest absolute Gasteiger partial charge is 0.456 e. The van der Waals surface area contributed by atoms with Crippen LogP contribution in [-0.4, -0.2) is 9.97 Å². The zero-order valence-corrected chi connectivity index (χ0v) is 24.4. The summed E-state index contributed by atoms with van der Waals surface area (Å²) >= 11 is 3.72. The fraction of sp³-hybridized carbons (Fsp3) is 0.118. The van der Waals surface area contributed by atoms with Crippen molar-refractivity contribution in [1.29, 1.82) is 0 Å². The van der Waals surface area contributed by atoms with Crippen molar-refractivity contribution in [2.75, 3.05) is 0 Å². The number of benzene rings is 4. The second-order valence-electron chi connectivity index (χ2n) is 10.5. The monoisotopic (exact) mass is 606 g/mol. The van der Waals surface area contributed by atoms with E-state index in [1.54, 1.807) is 6.20 Å². The van der Waals surface area contributed by atoms with Gasteiger partial charge in [0.2, 0.25) is 11.8 Å². The molecule has 0 aliphatic heterocycles. The second kappa shape index (κ2) is 11.1. The van der Waals surface area contributed by atoms with E-state index in [4.69, 9.17) is 18.6 Å². The molecule has 0 N–H and O–H groups in total. The highest BCUT2D eigenvalue weighted by Crippen LogP contribution is 2.43. The number of fused-ring (bicyclic) bond motifs is 1.